The molecule has 2 fully saturated rings. The first-order valence-electron chi connectivity index (χ1n) is 13.5. The number of carbonyl (C=O) groups is 1. The van der Waals surface area contributed by atoms with Crippen molar-refractivity contribution in [3.63, 3.8) is 0 Å². The average Bonchev–Trinajstić information content (AvgIpc) is 2.88. The van der Waals surface area contributed by atoms with E-state index in [1.165, 1.54) is 12.1 Å². The van der Waals surface area contributed by atoms with Crippen molar-refractivity contribution >= 4 is 45.7 Å². The number of fused-ring (bicyclic) bond motifs is 2. The number of hydrogen-bond donors (Lipinski definition) is 2. The molecule has 9 nitrogen and oxygen atoms in total. The number of nitrogens with zero attached hydrogens (tertiary/aromatic N) is 4. The quantitative estimate of drug-likeness (QED) is 0.455. The number of piperazine rings is 1. The molecule has 0 bridgehead atoms. The minimum atomic E-state index is -0.619. The number of ether oxygens (including phenoxy) is 1. The van der Waals surface area contributed by atoms with E-state index in [4.69, 9.17) is 27.9 Å². The van der Waals surface area contributed by atoms with Gasteiger partial charge in [0.05, 0.1) is 55.0 Å². The third kappa shape index (κ3) is 5.43. The number of rotatable bonds is 6. The fourth-order valence-electron chi connectivity index (χ4n) is 5.87. The van der Waals surface area contributed by atoms with Crippen LogP contribution in [0, 0.1) is 5.82 Å². The van der Waals surface area contributed by atoms with Crippen LogP contribution < -0.4 is 10.9 Å². The summed E-state index contributed by atoms with van der Waals surface area (Å²) in [6.07, 6.45) is 0.634. The topological polar surface area (TPSA) is 93.8 Å². The molecule has 2 aromatic carbocycles. The fourth-order valence-corrected chi connectivity index (χ4v) is 6.56. The van der Waals surface area contributed by atoms with Crippen LogP contribution in [-0.2, 0) is 22.5 Å². The summed E-state index contributed by atoms with van der Waals surface area (Å²) in [6.45, 7) is 8.05. The highest BCUT2D eigenvalue weighted by Crippen LogP contribution is 2.37. The second-order valence-corrected chi connectivity index (χ2v) is 11.5. The number of benzene rings is 2. The maximum atomic E-state index is 14.9. The summed E-state index contributed by atoms with van der Waals surface area (Å²) in [5.41, 5.74) is 2.03. The smallest absolute Gasteiger partial charge is 0.258 e. The van der Waals surface area contributed by atoms with Crippen molar-refractivity contribution in [3.8, 4) is 0 Å². The van der Waals surface area contributed by atoms with E-state index in [1.807, 2.05) is 13.0 Å². The van der Waals surface area contributed by atoms with Crippen molar-refractivity contribution in [2.45, 2.75) is 32.0 Å². The molecular weight excluding hydrogens is 558 g/mol. The number of halogens is 3. The molecule has 1 atom stereocenters. The van der Waals surface area contributed by atoms with Crippen LogP contribution >= 0.6 is 23.2 Å². The van der Waals surface area contributed by atoms with Gasteiger partial charge < -0.3 is 19.9 Å². The molecule has 40 heavy (non-hydrogen) atoms. The lowest BCUT2D eigenvalue weighted by Crippen LogP contribution is -2.56. The lowest BCUT2D eigenvalue weighted by Gasteiger charge is -2.42. The zero-order valence-corrected chi connectivity index (χ0v) is 23.7. The first-order chi connectivity index (χ1) is 19.3. The van der Waals surface area contributed by atoms with Crippen LogP contribution in [-0.4, -0.2) is 89.1 Å². The van der Waals surface area contributed by atoms with E-state index < -0.39 is 5.82 Å². The van der Waals surface area contributed by atoms with E-state index >= 15 is 0 Å². The molecule has 1 amide bonds. The van der Waals surface area contributed by atoms with Crippen molar-refractivity contribution in [1.29, 1.82) is 0 Å². The molecule has 3 aliphatic rings. The first-order valence-corrected chi connectivity index (χ1v) is 14.3. The van der Waals surface area contributed by atoms with E-state index in [1.54, 1.807) is 11.0 Å². The monoisotopic (exact) mass is 588 g/mol. The number of H-pyrrole nitrogens is 1. The highest BCUT2D eigenvalue weighted by atomic mass is 35.5. The summed E-state index contributed by atoms with van der Waals surface area (Å²) in [6, 6.07) is 6.51. The molecule has 1 unspecified atom stereocenters. The Labute approximate surface area is 241 Å². The Morgan fingerprint density at radius 3 is 2.65 bits per heavy atom. The maximum absolute atomic E-state index is 14.9. The van der Waals surface area contributed by atoms with E-state index in [9.17, 15) is 14.0 Å². The largest absolute Gasteiger partial charge is 0.378 e. The predicted octanol–water partition coefficient (Wildman–Crippen LogP) is 3.44. The molecule has 0 saturated carbocycles. The maximum Gasteiger partial charge on any atom is 0.258 e. The van der Waals surface area contributed by atoms with Gasteiger partial charge in [0.25, 0.3) is 5.56 Å². The number of amides is 1. The summed E-state index contributed by atoms with van der Waals surface area (Å²) in [5.74, 6) is -0.272. The Balaban J connectivity index is 1.13. The van der Waals surface area contributed by atoms with Gasteiger partial charge in [-0.15, -0.1) is 0 Å². The molecule has 6 rings (SSSR count). The molecule has 0 aliphatic carbocycles. The van der Waals surface area contributed by atoms with Gasteiger partial charge in [0, 0.05) is 42.8 Å². The van der Waals surface area contributed by atoms with Gasteiger partial charge in [-0.3, -0.25) is 19.4 Å². The van der Waals surface area contributed by atoms with Gasteiger partial charge in [0.15, 0.2) is 0 Å². The van der Waals surface area contributed by atoms with Crippen LogP contribution in [0.1, 0.15) is 29.9 Å². The Morgan fingerprint density at radius 1 is 1.15 bits per heavy atom. The van der Waals surface area contributed by atoms with Crippen molar-refractivity contribution < 1.29 is 13.9 Å². The minimum Gasteiger partial charge on any atom is -0.378 e. The second-order valence-electron chi connectivity index (χ2n) is 10.7. The Hall–Kier alpha value is -2.76. The van der Waals surface area contributed by atoms with Crippen LogP contribution in [0.4, 0.5) is 10.1 Å². The molecule has 0 radical (unpaired) electrons. The van der Waals surface area contributed by atoms with E-state index in [2.05, 4.69) is 25.1 Å². The Morgan fingerprint density at radius 2 is 1.93 bits per heavy atom. The molecule has 12 heteroatoms. The predicted molar refractivity (Wildman–Crippen MR) is 153 cm³/mol. The highest BCUT2D eigenvalue weighted by molar-refractivity contribution is 6.35. The van der Waals surface area contributed by atoms with Crippen molar-refractivity contribution in [2.24, 2.45) is 0 Å². The van der Waals surface area contributed by atoms with Gasteiger partial charge in [-0.05, 0) is 48.7 Å². The molecule has 1 aromatic heterocycles. The lowest BCUT2D eigenvalue weighted by atomic mass is 9.93. The zero-order chi connectivity index (χ0) is 28.0. The number of anilines is 1. The molecule has 2 N–H and O–H groups in total. The third-order valence-electron chi connectivity index (χ3n) is 8.20. The van der Waals surface area contributed by atoms with Crippen molar-refractivity contribution in [1.82, 2.24) is 24.7 Å². The summed E-state index contributed by atoms with van der Waals surface area (Å²) in [5, 5.41) is 4.19. The van der Waals surface area contributed by atoms with Gasteiger partial charge >= 0.3 is 0 Å². The zero-order valence-electron chi connectivity index (χ0n) is 22.2. The Bertz CT molecular complexity index is 1510. The Kier molecular flexibility index (Phi) is 7.71. The summed E-state index contributed by atoms with van der Waals surface area (Å²) < 4.78 is 20.2. The van der Waals surface area contributed by atoms with E-state index in [-0.39, 0.29) is 35.1 Å². The fraction of sp³-hybridized carbons (Fsp3) is 0.464. The third-order valence-corrected chi connectivity index (χ3v) is 8.73. The SMILES string of the molecule is CC1c2c(Cl)cc(Cl)cc2CCN1C(=O)CNc1cc2nc(CN3CCN(C4COC4)CC3)[nH]c(=O)c2cc1F. The van der Waals surface area contributed by atoms with Crippen LogP contribution in [0.5, 0.6) is 0 Å². The summed E-state index contributed by atoms with van der Waals surface area (Å²) in [4.78, 5) is 39.7. The molecule has 212 valence electrons. The number of aromatic nitrogens is 2. The van der Waals surface area contributed by atoms with Crippen LogP contribution in [0.15, 0.2) is 29.1 Å². The molecule has 3 aromatic rings. The average molecular weight is 589 g/mol. The van der Waals surface area contributed by atoms with Crippen molar-refractivity contribution in [3.05, 3.63) is 67.4 Å². The van der Waals surface area contributed by atoms with E-state index in [0.29, 0.717) is 46.9 Å². The molecule has 0 spiro atoms. The lowest BCUT2D eigenvalue weighted by molar-refractivity contribution is -0.131. The highest BCUT2D eigenvalue weighted by Gasteiger charge is 2.30. The first kappa shape index (κ1) is 27.4. The van der Waals surface area contributed by atoms with E-state index in [0.717, 1.165) is 50.5 Å². The molecular formula is C28H31Cl2FN6O3. The molecule has 4 heterocycles. The van der Waals surface area contributed by atoms with Crippen LogP contribution in [0.25, 0.3) is 10.9 Å². The second kappa shape index (κ2) is 11.3. The van der Waals surface area contributed by atoms with Gasteiger partial charge in [0.1, 0.15) is 11.6 Å². The van der Waals surface area contributed by atoms with Gasteiger partial charge in [0.2, 0.25) is 5.91 Å². The van der Waals surface area contributed by atoms with Gasteiger partial charge in [-0.2, -0.15) is 0 Å². The van der Waals surface area contributed by atoms with Crippen molar-refractivity contribution in [2.75, 3.05) is 57.8 Å². The molecule has 3 aliphatic heterocycles. The summed E-state index contributed by atoms with van der Waals surface area (Å²) >= 11 is 12.6. The van der Waals surface area contributed by atoms with Gasteiger partial charge in [-0.25, -0.2) is 9.37 Å². The summed E-state index contributed by atoms with van der Waals surface area (Å²) in [7, 11) is 0. The van der Waals surface area contributed by atoms with Crippen LogP contribution in [0.3, 0.4) is 0 Å². The normalized spacial score (nSPS) is 20.4. The molecule has 2 saturated heterocycles. The number of nitrogens with one attached hydrogen (secondary N) is 2. The number of hydrogen-bond acceptors (Lipinski definition) is 7. The standard InChI is InChI=1S/C28H31Cl2FN6O3/c1-16-27-17(8-18(29)9-21(27)30)2-3-37(16)26(38)12-32-24-11-23-20(10-22(24)31)28(39)34-25(33-23)13-35-4-6-36(7-5-35)19-14-40-15-19/h8-11,16,19,32H,2-7,12-15H2,1H3,(H,33,34,39). The minimum absolute atomic E-state index is 0.111. The van der Waals surface area contributed by atoms with Gasteiger partial charge in [-0.1, -0.05) is 23.2 Å². The number of carbonyl (C=O) groups excluding carboxylic acids is 1. The van der Waals surface area contributed by atoms with Crippen LogP contribution in [0.2, 0.25) is 10.0 Å². The number of aromatic amines is 1.